The third-order valence-electron chi connectivity index (χ3n) is 10.2. The third-order valence-corrected chi connectivity index (χ3v) is 10.2. The number of allylic oxidation sites excluding steroid dienone is 2. The zero-order valence-electron chi connectivity index (χ0n) is 18.5. The lowest BCUT2D eigenvalue weighted by Crippen LogP contribution is -2.54. The molecule has 0 N–H and O–H groups in total. The summed E-state index contributed by atoms with van der Waals surface area (Å²) in [5.74, 6) is 5.56. The van der Waals surface area contributed by atoms with Crippen LogP contribution >= 0.6 is 0 Å². The van der Waals surface area contributed by atoms with Gasteiger partial charge in [0.25, 0.3) is 0 Å². The minimum absolute atomic E-state index is 0.382. The van der Waals surface area contributed by atoms with Crippen molar-refractivity contribution in [2.75, 3.05) is 0 Å². The molecule has 4 aliphatic rings. The van der Waals surface area contributed by atoms with Gasteiger partial charge in [0.2, 0.25) is 0 Å². The van der Waals surface area contributed by atoms with E-state index in [0.29, 0.717) is 22.5 Å². The molecule has 0 spiro atoms. The summed E-state index contributed by atoms with van der Waals surface area (Å²) >= 11 is 0. The van der Waals surface area contributed by atoms with Crippen LogP contribution in [0.15, 0.2) is 11.6 Å². The summed E-state index contributed by atoms with van der Waals surface area (Å²) in [5.41, 5.74) is 2.59. The molecule has 0 bridgehead atoms. The van der Waals surface area contributed by atoms with Crippen LogP contribution in [0.4, 0.5) is 0 Å². The molecule has 0 aromatic heterocycles. The lowest BCUT2D eigenvalue weighted by molar-refractivity contribution is -0.133. The normalized spacial score (nSPS) is 49.4. The predicted molar refractivity (Wildman–Crippen MR) is 113 cm³/mol. The summed E-state index contributed by atoms with van der Waals surface area (Å²) in [4.78, 5) is 12.3. The van der Waals surface area contributed by atoms with Crippen LogP contribution in [-0.2, 0) is 4.79 Å². The van der Waals surface area contributed by atoms with Crippen molar-refractivity contribution in [1.29, 1.82) is 0 Å². The molecule has 152 valence electrons. The molecule has 4 fully saturated rings. The van der Waals surface area contributed by atoms with E-state index < -0.39 is 0 Å². The van der Waals surface area contributed by atoms with Gasteiger partial charge in [0.1, 0.15) is 5.78 Å². The molecule has 4 aliphatic carbocycles. The second-order valence-corrected chi connectivity index (χ2v) is 11.2. The van der Waals surface area contributed by atoms with Gasteiger partial charge in [-0.05, 0) is 91.8 Å². The van der Waals surface area contributed by atoms with Crippen LogP contribution in [0.3, 0.4) is 0 Å². The van der Waals surface area contributed by atoms with Gasteiger partial charge in [-0.25, -0.2) is 0 Å². The standard InChI is InChI=1S/C26H42O/c1-6-8-17(3)21-9-10-22-20-15-18(7-2)24-16-19(27)11-13-26(24,5)23(20)12-14-25(21,22)4/h7,17,20-24H,6,8-16H2,1-5H3/t17-,20?,21-,22?,23?,24?,25-,26-/m1/s1. The molecule has 27 heavy (non-hydrogen) atoms. The molecule has 4 rings (SSSR count). The fourth-order valence-corrected chi connectivity index (χ4v) is 8.90. The summed E-state index contributed by atoms with van der Waals surface area (Å²) in [7, 11) is 0. The number of rotatable bonds is 3. The maximum Gasteiger partial charge on any atom is 0.133 e. The van der Waals surface area contributed by atoms with Gasteiger partial charge in [0.15, 0.2) is 0 Å². The molecule has 0 saturated heterocycles. The van der Waals surface area contributed by atoms with Gasteiger partial charge in [-0.2, -0.15) is 0 Å². The number of carbonyl (C=O) groups excluding carboxylic acids is 1. The maximum atomic E-state index is 12.3. The molecule has 0 amide bonds. The molecule has 0 aromatic rings. The third kappa shape index (κ3) is 2.89. The van der Waals surface area contributed by atoms with E-state index in [1.54, 1.807) is 5.57 Å². The maximum absolute atomic E-state index is 12.3. The van der Waals surface area contributed by atoms with Crippen molar-refractivity contribution in [3.63, 3.8) is 0 Å². The van der Waals surface area contributed by atoms with E-state index in [0.717, 1.165) is 48.9 Å². The van der Waals surface area contributed by atoms with Crippen molar-refractivity contribution in [1.82, 2.24) is 0 Å². The van der Waals surface area contributed by atoms with Gasteiger partial charge in [0, 0.05) is 12.8 Å². The number of hydrogen-bond donors (Lipinski definition) is 0. The van der Waals surface area contributed by atoms with E-state index in [1.807, 2.05) is 0 Å². The van der Waals surface area contributed by atoms with Crippen molar-refractivity contribution in [3.8, 4) is 0 Å². The highest BCUT2D eigenvalue weighted by Crippen LogP contribution is 2.69. The van der Waals surface area contributed by atoms with E-state index in [1.165, 1.54) is 44.9 Å². The van der Waals surface area contributed by atoms with Gasteiger partial charge < -0.3 is 0 Å². The first kappa shape index (κ1) is 19.7. The minimum Gasteiger partial charge on any atom is -0.300 e. The van der Waals surface area contributed by atoms with Gasteiger partial charge in [-0.1, -0.05) is 52.2 Å². The molecule has 1 heteroatoms. The first-order valence-corrected chi connectivity index (χ1v) is 12.0. The Morgan fingerprint density at radius 2 is 1.81 bits per heavy atom. The Hall–Kier alpha value is -0.590. The number of ketones is 1. The number of carbonyl (C=O) groups is 1. The summed E-state index contributed by atoms with van der Waals surface area (Å²) in [6, 6.07) is 0. The van der Waals surface area contributed by atoms with Crippen LogP contribution in [0.5, 0.6) is 0 Å². The summed E-state index contributed by atoms with van der Waals surface area (Å²) in [5, 5.41) is 0. The fourth-order valence-electron chi connectivity index (χ4n) is 8.90. The molecular formula is C26H42O. The smallest absolute Gasteiger partial charge is 0.133 e. The Bertz CT molecular complexity index is 618. The Morgan fingerprint density at radius 1 is 1.07 bits per heavy atom. The van der Waals surface area contributed by atoms with E-state index >= 15 is 0 Å². The van der Waals surface area contributed by atoms with Gasteiger partial charge in [-0.3, -0.25) is 4.79 Å². The largest absolute Gasteiger partial charge is 0.300 e. The molecular weight excluding hydrogens is 328 g/mol. The lowest BCUT2D eigenvalue weighted by Gasteiger charge is -2.61. The molecule has 1 nitrogen and oxygen atoms in total. The van der Waals surface area contributed by atoms with Crippen LogP contribution < -0.4 is 0 Å². The second kappa shape index (κ2) is 7.03. The van der Waals surface area contributed by atoms with Crippen molar-refractivity contribution < 1.29 is 4.79 Å². The summed E-state index contributed by atoms with van der Waals surface area (Å²) < 4.78 is 0. The van der Waals surface area contributed by atoms with E-state index in [2.05, 4.69) is 40.7 Å². The number of hydrogen-bond acceptors (Lipinski definition) is 1. The van der Waals surface area contributed by atoms with Gasteiger partial charge in [-0.15, -0.1) is 0 Å². The van der Waals surface area contributed by atoms with Crippen LogP contribution in [0.25, 0.3) is 0 Å². The fraction of sp³-hybridized carbons (Fsp3) is 0.885. The van der Waals surface area contributed by atoms with Crippen molar-refractivity contribution in [2.24, 2.45) is 46.3 Å². The number of Topliss-reactive ketones (excluding diaryl/α,β-unsaturated/α-hetero) is 1. The zero-order chi connectivity index (χ0) is 19.4. The van der Waals surface area contributed by atoms with Crippen molar-refractivity contribution >= 4 is 5.78 Å². The molecule has 4 unspecified atom stereocenters. The van der Waals surface area contributed by atoms with E-state index in [9.17, 15) is 4.79 Å². The average molecular weight is 371 g/mol. The van der Waals surface area contributed by atoms with Crippen molar-refractivity contribution in [2.45, 2.75) is 98.8 Å². The first-order valence-electron chi connectivity index (χ1n) is 12.0. The summed E-state index contributed by atoms with van der Waals surface area (Å²) in [6.45, 7) is 12.4. The second-order valence-electron chi connectivity index (χ2n) is 11.2. The topological polar surface area (TPSA) is 17.1 Å². The lowest BCUT2D eigenvalue weighted by atomic mass is 9.43. The van der Waals surface area contributed by atoms with E-state index in [-0.39, 0.29) is 0 Å². The molecule has 8 atom stereocenters. The summed E-state index contributed by atoms with van der Waals surface area (Å²) in [6.07, 6.45) is 15.0. The van der Waals surface area contributed by atoms with E-state index in [4.69, 9.17) is 0 Å². The minimum atomic E-state index is 0.382. The van der Waals surface area contributed by atoms with Crippen LogP contribution in [0.2, 0.25) is 0 Å². The highest BCUT2D eigenvalue weighted by molar-refractivity contribution is 5.80. The molecule has 0 heterocycles. The van der Waals surface area contributed by atoms with Crippen LogP contribution in [-0.4, -0.2) is 5.78 Å². The van der Waals surface area contributed by atoms with Crippen LogP contribution in [0, 0.1) is 46.3 Å². The average Bonchev–Trinajstić information content (AvgIpc) is 2.99. The Balaban J connectivity index is 1.64. The first-order chi connectivity index (χ1) is 12.8. The Morgan fingerprint density at radius 3 is 2.52 bits per heavy atom. The van der Waals surface area contributed by atoms with Crippen LogP contribution in [0.1, 0.15) is 98.8 Å². The molecule has 0 radical (unpaired) electrons. The Kier molecular flexibility index (Phi) is 5.13. The SMILES string of the molecule is CC=C1CC2C(CC[C@@]3(C)C2CC[C@@H]3[C@H](C)CCC)[C@@]2(C)CCC(=O)CC12. The van der Waals surface area contributed by atoms with Crippen molar-refractivity contribution in [3.05, 3.63) is 11.6 Å². The predicted octanol–water partition coefficient (Wildman–Crippen LogP) is 7.21. The molecule has 0 aliphatic heterocycles. The zero-order valence-corrected chi connectivity index (χ0v) is 18.5. The highest BCUT2D eigenvalue weighted by atomic mass is 16.1. The molecule has 4 saturated carbocycles. The monoisotopic (exact) mass is 370 g/mol. The van der Waals surface area contributed by atoms with Gasteiger partial charge in [0.05, 0.1) is 0 Å². The number of fused-ring (bicyclic) bond motifs is 5. The Labute approximate surface area is 167 Å². The quantitative estimate of drug-likeness (QED) is 0.480. The molecule has 0 aromatic carbocycles. The highest BCUT2D eigenvalue weighted by Gasteiger charge is 2.61. The van der Waals surface area contributed by atoms with Gasteiger partial charge >= 0.3 is 0 Å².